The molecule has 0 aliphatic carbocycles. The van der Waals surface area contributed by atoms with Gasteiger partial charge in [0.25, 0.3) is 0 Å². The first-order chi connectivity index (χ1) is 11.1. The van der Waals surface area contributed by atoms with E-state index in [1.807, 2.05) is 53.8 Å². The lowest BCUT2D eigenvalue weighted by atomic mass is 10.0. The largest absolute Gasteiger partial charge is 0.341 e. The Morgan fingerprint density at radius 3 is 2.74 bits per heavy atom. The van der Waals surface area contributed by atoms with Crippen molar-refractivity contribution < 1.29 is 4.79 Å². The van der Waals surface area contributed by atoms with Crippen LogP contribution in [0.3, 0.4) is 0 Å². The van der Waals surface area contributed by atoms with Gasteiger partial charge in [-0.25, -0.2) is 4.68 Å². The van der Waals surface area contributed by atoms with Crippen LogP contribution in [0.1, 0.15) is 29.8 Å². The SMILES string of the molecule is Cc1nn(-c2ccccc2)c(C)c1CC(=O)N1CCCC(N)C1. The Morgan fingerprint density at radius 1 is 1.30 bits per heavy atom. The van der Waals surface area contributed by atoms with Crippen molar-refractivity contribution in [1.29, 1.82) is 0 Å². The second-order valence-electron chi connectivity index (χ2n) is 6.32. The average Bonchev–Trinajstić information content (AvgIpc) is 2.84. The number of benzene rings is 1. The fourth-order valence-corrected chi connectivity index (χ4v) is 3.25. The third-order valence-electron chi connectivity index (χ3n) is 4.58. The molecule has 0 radical (unpaired) electrons. The number of nitrogens with zero attached hydrogens (tertiary/aromatic N) is 3. The van der Waals surface area contributed by atoms with Crippen LogP contribution in [0, 0.1) is 13.8 Å². The predicted octanol–water partition coefficient (Wildman–Crippen LogP) is 1.98. The van der Waals surface area contributed by atoms with Crippen LogP contribution in [0.4, 0.5) is 0 Å². The van der Waals surface area contributed by atoms with Crippen molar-refractivity contribution >= 4 is 5.91 Å². The quantitative estimate of drug-likeness (QED) is 0.942. The van der Waals surface area contributed by atoms with E-state index >= 15 is 0 Å². The lowest BCUT2D eigenvalue weighted by Crippen LogP contribution is -2.46. The van der Waals surface area contributed by atoms with E-state index in [1.54, 1.807) is 0 Å². The number of nitrogens with two attached hydrogens (primary N) is 1. The number of amides is 1. The molecule has 1 aromatic heterocycles. The van der Waals surface area contributed by atoms with Crippen molar-refractivity contribution in [3.63, 3.8) is 0 Å². The molecule has 1 aromatic carbocycles. The van der Waals surface area contributed by atoms with Gasteiger partial charge in [0.05, 0.1) is 17.8 Å². The molecule has 2 heterocycles. The van der Waals surface area contributed by atoms with Crippen LogP contribution in [0.25, 0.3) is 5.69 Å². The number of carbonyl (C=O) groups is 1. The van der Waals surface area contributed by atoms with Crippen LogP contribution in [-0.4, -0.2) is 39.7 Å². The zero-order valence-electron chi connectivity index (χ0n) is 13.8. The van der Waals surface area contributed by atoms with E-state index < -0.39 is 0 Å². The molecule has 1 saturated heterocycles. The number of aryl methyl sites for hydroxylation is 1. The van der Waals surface area contributed by atoms with E-state index in [0.29, 0.717) is 13.0 Å². The van der Waals surface area contributed by atoms with Gasteiger partial charge < -0.3 is 10.6 Å². The van der Waals surface area contributed by atoms with E-state index in [0.717, 1.165) is 42.0 Å². The molecule has 0 saturated carbocycles. The van der Waals surface area contributed by atoms with Crippen LogP contribution in [-0.2, 0) is 11.2 Å². The minimum atomic E-state index is 0.113. The third-order valence-corrected chi connectivity index (χ3v) is 4.58. The van der Waals surface area contributed by atoms with Crippen LogP contribution >= 0.6 is 0 Å². The third kappa shape index (κ3) is 3.29. The summed E-state index contributed by atoms with van der Waals surface area (Å²) in [6.07, 6.45) is 2.40. The van der Waals surface area contributed by atoms with Crippen LogP contribution in [0.2, 0.25) is 0 Å². The van der Waals surface area contributed by atoms with Gasteiger partial charge in [-0.2, -0.15) is 5.10 Å². The number of piperidine rings is 1. The maximum atomic E-state index is 12.6. The van der Waals surface area contributed by atoms with Crippen molar-refractivity contribution in [3.8, 4) is 5.69 Å². The summed E-state index contributed by atoms with van der Waals surface area (Å²) in [5, 5.41) is 4.61. The Bertz CT molecular complexity index is 693. The van der Waals surface area contributed by atoms with Crippen molar-refractivity contribution in [3.05, 3.63) is 47.3 Å². The van der Waals surface area contributed by atoms with Crippen LogP contribution in [0.15, 0.2) is 30.3 Å². The highest BCUT2D eigenvalue weighted by Crippen LogP contribution is 2.20. The number of rotatable bonds is 3. The number of hydrogen-bond acceptors (Lipinski definition) is 3. The molecule has 1 unspecified atom stereocenters. The Labute approximate surface area is 137 Å². The standard InChI is InChI=1S/C18H24N4O/c1-13-17(11-18(23)21-10-6-7-15(19)12-21)14(2)22(20-13)16-8-4-3-5-9-16/h3-5,8-9,15H,6-7,10-12,19H2,1-2H3. The molecule has 5 nitrogen and oxygen atoms in total. The van der Waals surface area contributed by atoms with E-state index in [2.05, 4.69) is 5.10 Å². The van der Waals surface area contributed by atoms with Gasteiger partial charge in [-0.15, -0.1) is 0 Å². The molecule has 1 aliphatic heterocycles. The van der Waals surface area contributed by atoms with Crippen molar-refractivity contribution in [2.75, 3.05) is 13.1 Å². The van der Waals surface area contributed by atoms with Gasteiger partial charge in [0, 0.05) is 30.4 Å². The molecular formula is C18H24N4O. The Kier molecular flexibility index (Phi) is 4.48. The van der Waals surface area contributed by atoms with Gasteiger partial charge in [0.1, 0.15) is 0 Å². The van der Waals surface area contributed by atoms with Gasteiger partial charge in [-0.05, 0) is 38.8 Å². The maximum absolute atomic E-state index is 12.6. The number of aromatic nitrogens is 2. The maximum Gasteiger partial charge on any atom is 0.227 e. The molecule has 1 amide bonds. The molecular weight excluding hydrogens is 288 g/mol. The minimum Gasteiger partial charge on any atom is -0.341 e. The number of para-hydroxylation sites is 1. The zero-order chi connectivity index (χ0) is 16.4. The molecule has 1 aliphatic rings. The van der Waals surface area contributed by atoms with Crippen LogP contribution < -0.4 is 5.73 Å². The first-order valence-corrected chi connectivity index (χ1v) is 8.20. The van der Waals surface area contributed by atoms with E-state index in [9.17, 15) is 4.79 Å². The Balaban J connectivity index is 1.81. The highest BCUT2D eigenvalue weighted by Gasteiger charge is 2.23. The topological polar surface area (TPSA) is 64.2 Å². The number of likely N-dealkylation sites (tertiary alicyclic amines) is 1. The number of hydrogen-bond donors (Lipinski definition) is 1. The molecule has 2 aromatic rings. The van der Waals surface area contributed by atoms with Gasteiger partial charge in [0.15, 0.2) is 0 Å². The summed E-state index contributed by atoms with van der Waals surface area (Å²) in [4.78, 5) is 14.5. The second-order valence-corrected chi connectivity index (χ2v) is 6.32. The Morgan fingerprint density at radius 2 is 2.04 bits per heavy atom. The van der Waals surface area contributed by atoms with Gasteiger partial charge in [-0.3, -0.25) is 4.79 Å². The molecule has 2 N–H and O–H groups in total. The van der Waals surface area contributed by atoms with Crippen molar-refractivity contribution in [2.24, 2.45) is 5.73 Å². The summed E-state index contributed by atoms with van der Waals surface area (Å²) < 4.78 is 1.92. The molecule has 5 heteroatoms. The summed E-state index contributed by atoms with van der Waals surface area (Å²) in [6.45, 7) is 5.48. The monoisotopic (exact) mass is 312 g/mol. The molecule has 0 bridgehead atoms. The van der Waals surface area contributed by atoms with Crippen LogP contribution in [0.5, 0.6) is 0 Å². The summed E-state index contributed by atoms with van der Waals surface area (Å²) in [5.74, 6) is 0.152. The Hall–Kier alpha value is -2.14. The van der Waals surface area contributed by atoms with E-state index in [-0.39, 0.29) is 11.9 Å². The lowest BCUT2D eigenvalue weighted by molar-refractivity contribution is -0.131. The van der Waals surface area contributed by atoms with Gasteiger partial charge in [-0.1, -0.05) is 18.2 Å². The van der Waals surface area contributed by atoms with Crippen molar-refractivity contribution in [2.45, 2.75) is 39.2 Å². The first kappa shape index (κ1) is 15.7. The second kappa shape index (κ2) is 6.54. The predicted molar refractivity (Wildman–Crippen MR) is 90.5 cm³/mol. The van der Waals surface area contributed by atoms with E-state index in [1.165, 1.54) is 0 Å². The molecule has 1 atom stereocenters. The fourth-order valence-electron chi connectivity index (χ4n) is 3.25. The summed E-state index contributed by atoms with van der Waals surface area (Å²) in [7, 11) is 0. The molecule has 1 fully saturated rings. The van der Waals surface area contributed by atoms with Gasteiger partial charge >= 0.3 is 0 Å². The average molecular weight is 312 g/mol. The van der Waals surface area contributed by atoms with Crippen molar-refractivity contribution in [1.82, 2.24) is 14.7 Å². The summed E-state index contributed by atoms with van der Waals surface area (Å²) in [6, 6.07) is 10.1. The highest BCUT2D eigenvalue weighted by atomic mass is 16.2. The highest BCUT2D eigenvalue weighted by molar-refractivity contribution is 5.79. The molecule has 23 heavy (non-hydrogen) atoms. The molecule has 122 valence electrons. The number of carbonyl (C=O) groups excluding carboxylic acids is 1. The first-order valence-electron chi connectivity index (χ1n) is 8.20. The minimum absolute atomic E-state index is 0.113. The zero-order valence-corrected chi connectivity index (χ0v) is 13.8. The molecule has 0 spiro atoms. The molecule has 3 rings (SSSR count). The normalized spacial score (nSPS) is 18.2. The van der Waals surface area contributed by atoms with Gasteiger partial charge in [0.2, 0.25) is 5.91 Å². The summed E-state index contributed by atoms with van der Waals surface area (Å²) in [5.41, 5.74) is 9.98. The summed E-state index contributed by atoms with van der Waals surface area (Å²) >= 11 is 0. The fraction of sp³-hybridized carbons (Fsp3) is 0.444. The smallest absolute Gasteiger partial charge is 0.227 e. The van der Waals surface area contributed by atoms with E-state index in [4.69, 9.17) is 5.73 Å². The lowest BCUT2D eigenvalue weighted by Gasteiger charge is -2.30.